The number of pyridine rings is 1. The van der Waals surface area contributed by atoms with Crippen molar-refractivity contribution in [3.05, 3.63) is 36.0 Å². The van der Waals surface area contributed by atoms with Crippen LogP contribution in [0.2, 0.25) is 0 Å². The second-order valence-electron chi connectivity index (χ2n) is 5.09. The van der Waals surface area contributed by atoms with Crippen LogP contribution in [0.1, 0.15) is 39.2 Å². The lowest BCUT2D eigenvalue weighted by atomic mass is 10.1. The molecule has 0 aliphatic rings. The molecule has 1 heterocycles. The number of aryl methyl sites for hydroxylation is 1. The Kier molecular flexibility index (Phi) is 4.78. The fourth-order valence-corrected chi connectivity index (χ4v) is 2.60. The zero-order valence-electron chi connectivity index (χ0n) is 12.4. The molecule has 0 spiro atoms. The third-order valence-corrected chi connectivity index (χ3v) is 3.56. The molecular formula is C17H25N2+. The van der Waals surface area contributed by atoms with Gasteiger partial charge in [0.25, 0.3) is 0 Å². The largest absolute Gasteiger partial charge is 0.371 e. The van der Waals surface area contributed by atoms with Crippen LogP contribution >= 0.6 is 0 Å². The van der Waals surface area contributed by atoms with Crippen LogP contribution in [0.15, 0.2) is 30.5 Å². The molecule has 2 heteroatoms. The number of nitrogens with one attached hydrogen (secondary N) is 1. The summed E-state index contributed by atoms with van der Waals surface area (Å²) in [5, 5.41) is 1.35. The van der Waals surface area contributed by atoms with Gasteiger partial charge in [0.1, 0.15) is 0 Å². The van der Waals surface area contributed by atoms with Crippen LogP contribution in [-0.2, 0) is 6.42 Å². The van der Waals surface area contributed by atoms with Gasteiger partial charge in [-0.15, -0.1) is 0 Å². The van der Waals surface area contributed by atoms with E-state index in [0.29, 0.717) is 0 Å². The number of benzene rings is 1. The molecule has 0 saturated carbocycles. The monoisotopic (exact) mass is 257 g/mol. The SMILES string of the molecule is CCCN(CCC)c1cccc2[nH+]cc(CC)cc12. The van der Waals surface area contributed by atoms with Gasteiger partial charge >= 0.3 is 0 Å². The van der Waals surface area contributed by atoms with Crippen molar-refractivity contribution in [1.29, 1.82) is 0 Å². The summed E-state index contributed by atoms with van der Waals surface area (Å²) in [6, 6.07) is 8.90. The average molecular weight is 257 g/mol. The first-order valence-electron chi connectivity index (χ1n) is 7.48. The van der Waals surface area contributed by atoms with Crippen molar-refractivity contribution in [2.24, 2.45) is 0 Å². The van der Waals surface area contributed by atoms with Gasteiger partial charge in [-0.2, -0.15) is 0 Å². The molecule has 1 aromatic carbocycles. The summed E-state index contributed by atoms with van der Waals surface area (Å²) in [6.07, 6.45) is 5.57. The quantitative estimate of drug-likeness (QED) is 0.768. The van der Waals surface area contributed by atoms with Crippen LogP contribution in [0.25, 0.3) is 10.9 Å². The lowest BCUT2D eigenvalue weighted by molar-refractivity contribution is -0.345. The number of rotatable bonds is 6. The van der Waals surface area contributed by atoms with Gasteiger partial charge in [0.05, 0.1) is 11.1 Å². The number of anilines is 1. The zero-order chi connectivity index (χ0) is 13.7. The normalized spacial score (nSPS) is 10.9. The summed E-state index contributed by atoms with van der Waals surface area (Å²) in [4.78, 5) is 5.93. The van der Waals surface area contributed by atoms with E-state index in [4.69, 9.17) is 0 Å². The molecule has 0 saturated heterocycles. The number of hydrogen-bond acceptors (Lipinski definition) is 1. The molecule has 0 atom stereocenters. The van der Waals surface area contributed by atoms with Crippen molar-refractivity contribution in [2.45, 2.75) is 40.0 Å². The molecule has 0 amide bonds. The summed E-state index contributed by atoms with van der Waals surface area (Å²) < 4.78 is 0. The van der Waals surface area contributed by atoms with Crippen LogP contribution < -0.4 is 9.88 Å². The van der Waals surface area contributed by atoms with Crippen LogP contribution in [-0.4, -0.2) is 13.1 Å². The first-order chi connectivity index (χ1) is 9.30. The smallest absolute Gasteiger partial charge is 0.212 e. The van der Waals surface area contributed by atoms with Crippen molar-refractivity contribution >= 4 is 16.6 Å². The fraction of sp³-hybridized carbons (Fsp3) is 0.471. The van der Waals surface area contributed by atoms with Gasteiger partial charge in [0.15, 0.2) is 6.20 Å². The lowest BCUT2D eigenvalue weighted by Crippen LogP contribution is -2.25. The van der Waals surface area contributed by atoms with E-state index in [1.54, 1.807) is 0 Å². The number of fused-ring (bicyclic) bond motifs is 1. The van der Waals surface area contributed by atoms with Gasteiger partial charge in [0, 0.05) is 24.7 Å². The standard InChI is InChI=1S/C17H24N2/c1-4-10-19(11-5-2)17-9-7-8-16-15(17)12-14(6-3)13-18-16/h7-9,12-13H,4-6,10-11H2,1-3H3/p+1. The predicted octanol–water partition coefficient (Wildman–Crippen LogP) is 3.84. The maximum absolute atomic E-state index is 3.42. The van der Waals surface area contributed by atoms with Gasteiger partial charge in [-0.25, -0.2) is 4.98 Å². The Morgan fingerprint density at radius 3 is 2.42 bits per heavy atom. The zero-order valence-corrected chi connectivity index (χ0v) is 12.4. The topological polar surface area (TPSA) is 17.4 Å². The van der Waals surface area contributed by atoms with Crippen LogP contribution in [0.3, 0.4) is 0 Å². The Hall–Kier alpha value is -1.57. The lowest BCUT2D eigenvalue weighted by Gasteiger charge is -2.24. The van der Waals surface area contributed by atoms with Gasteiger partial charge in [0.2, 0.25) is 5.52 Å². The van der Waals surface area contributed by atoms with Crippen molar-refractivity contribution in [3.63, 3.8) is 0 Å². The molecular weight excluding hydrogens is 232 g/mol. The third kappa shape index (κ3) is 3.06. The van der Waals surface area contributed by atoms with Crippen molar-refractivity contribution < 1.29 is 4.98 Å². The van der Waals surface area contributed by atoms with Gasteiger partial charge in [-0.1, -0.05) is 26.8 Å². The first kappa shape index (κ1) is 13.9. The molecule has 0 aliphatic heterocycles. The molecule has 0 fully saturated rings. The molecule has 1 N–H and O–H groups in total. The molecule has 0 bridgehead atoms. The van der Waals surface area contributed by atoms with Crippen LogP contribution in [0.4, 0.5) is 5.69 Å². The van der Waals surface area contributed by atoms with E-state index in [2.05, 4.69) is 61.1 Å². The molecule has 2 aromatic rings. The molecule has 19 heavy (non-hydrogen) atoms. The van der Waals surface area contributed by atoms with E-state index in [9.17, 15) is 0 Å². The van der Waals surface area contributed by atoms with E-state index in [1.165, 1.54) is 35.0 Å². The summed E-state index contributed by atoms with van der Waals surface area (Å²) in [6.45, 7) is 8.95. The molecule has 1 aromatic heterocycles. The Morgan fingerprint density at radius 2 is 1.79 bits per heavy atom. The number of aromatic nitrogens is 1. The van der Waals surface area contributed by atoms with Crippen LogP contribution in [0, 0.1) is 0 Å². The molecule has 0 radical (unpaired) electrons. The summed E-state index contributed by atoms with van der Waals surface area (Å²) in [5.41, 5.74) is 3.97. The van der Waals surface area contributed by atoms with Gasteiger partial charge in [-0.05, 0) is 31.4 Å². The Morgan fingerprint density at radius 1 is 1.05 bits per heavy atom. The molecule has 102 valence electrons. The minimum atomic E-state index is 1.07. The number of nitrogens with zero attached hydrogens (tertiary/aromatic N) is 1. The highest BCUT2D eigenvalue weighted by atomic mass is 15.1. The van der Waals surface area contributed by atoms with E-state index < -0.39 is 0 Å². The molecule has 2 nitrogen and oxygen atoms in total. The number of hydrogen-bond donors (Lipinski definition) is 0. The predicted molar refractivity (Wildman–Crippen MR) is 82.7 cm³/mol. The Bertz CT molecular complexity index is 528. The second kappa shape index (κ2) is 6.55. The first-order valence-corrected chi connectivity index (χ1v) is 7.48. The average Bonchev–Trinajstić information content (AvgIpc) is 2.46. The molecule has 0 unspecified atom stereocenters. The van der Waals surface area contributed by atoms with Crippen molar-refractivity contribution in [3.8, 4) is 0 Å². The minimum absolute atomic E-state index is 1.07. The highest BCUT2D eigenvalue weighted by Gasteiger charge is 2.12. The number of aromatic amines is 1. The second-order valence-corrected chi connectivity index (χ2v) is 5.09. The van der Waals surface area contributed by atoms with Crippen molar-refractivity contribution in [1.82, 2.24) is 0 Å². The van der Waals surface area contributed by atoms with E-state index in [0.717, 1.165) is 19.5 Å². The summed E-state index contributed by atoms with van der Waals surface area (Å²) in [5.74, 6) is 0. The maximum atomic E-state index is 3.42. The Labute approximate surface area is 116 Å². The fourth-order valence-electron chi connectivity index (χ4n) is 2.60. The Balaban J connectivity index is 2.50. The maximum Gasteiger partial charge on any atom is 0.212 e. The highest BCUT2D eigenvalue weighted by Crippen LogP contribution is 2.25. The van der Waals surface area contributed by atoms with Crippen LogP contribution in [0.5, 0.6) is 0 Å². The highest BCUT2D eigenvalue weighted by molar-refractivity contribution is 5.90. The van der Waals surface area contributed by atoms with Gasteiger partial charge < -0.3 is 4.90 Å². The summed E-state index contributed by atoms with van der Waals surface area (Å²) >= 11 is 0. The van der Waals surface area contributed by atoms with E-state index >= 15 is 0 Å². The molecule has 0 aliphatic carbocycles. The minimum Gasteiger partial charge on any atom is -0.371 e. The van der Waals surface area contributed by atoms with E-state index in [1.807, 2.05) is 0 Å². The number of H-pyrrole nitrogens is 1. The van der Waals surface area contributed by atoms with E-state index in [-0.39, 0.29) is 0 Å². The van der Waals surface area contributed by atoms with Crippen molar-refractivity contribution in [2.75, 3.05) is 18.0 Å². The van der Waals surface area contributed by atoms with Gasteiger partial charge in [-0.3, -0.25) is 0 Å². The third-order valence-electron chi connectivity index (χ3n) is 3.56. The molecule has 2 rings (SSSR count). The summed E-state index contributed by atoms with van der Waals surface area (Å²) in [7, 11) is 0.